The van der Waals surface area contributed by atoms with E-state index in [1.165, 1.54) is 11.1 Å². The maximum absolute atomic E-state index is 11.3. The lowest BCUT2D eigenvalue weighted by Gasteiger charge is -2.15. The molecule has 2 rings (SSSR count). The zero-order valence-electron chi connectivity index (χ0n) is 13.3. The number of hydrogen-bond donors (Lipinski definition) is 2. The fourth-order valence-electron chi connectivity index (χ4n) is 2.80. The second-order valence-corrected chi connectivity index (χ2v) is 6.33. The van der Waals surface area contributed by atoms with Crippen molar-refractivity contribution in [3.05, 3.63) is 35.4 Å². The SMILES string of the molecule is CC(C)c1ccc(CCCNC2CCNC(=O)CC2)cc1. The van der Waals surface area contributed by atoms with Crippen molar-refractivity contribution in [2.75, 3.05) is 13.1 Å². The van der Waals surface area contributed by atoms with Gasteiger partial charge in [-0.15, -0.1) is 0 Å². The predicted molar refractivity (Wildman–Crippen MR) is 87.5 cm³/mol. The summed E-state index contributed by atoms with van der Waals surface area (Å²) in [7, 11) is 0. The molecule has 0 aromatic heterocycles. The minimum atomic E-state index is 0.199. The van der Waals surface area contributed by atoms with Gasteiger partial charge in [0.25, 0.3) is 0 Å². The van der Waals surface area contributed by atoms with Crippen molar-refractivity contribution in [1.82, 2.24) is 10.6 Å². The molecule has 1 aromatic rings. The van der Waals surface area contributed by atoms with Crippen LogP contribution in [0.15, 0.2) is 24.3 Å². The van der Waals surface area contributed by atoms with Gasteiger partial charge in [-0.1, -0.05) is 38.1 Å². The molecule has 0 radical (unpaired) electrons. The minimum Gasteiger partial charge on any atom is -0.356 e. The fourth-order valence-corrected chi connectivity index (χ4v) is 2.80. The Balaban J connectivity index is 1.66. The standard InChI is InChI=1S/C18H28N2O/c1-14(2)16-7-5-15(6-8-16)4-3-12-19-17-9-10-18(21)20-13-11-17/h5-8,14,17,19H,3-4,9-13H2,1-2H3,(H,20,21). The number of aryl methyl sites for hydroxylation is 1. The van der Waals surface area contributed by atoms with E-state index in [0.717, 1.165) is 38.8 Å². The Labute approximate surface area is 128 Å². The van der Waals surface area contributed by atoms with Crippen LogP contribution in [0, 0.1) is 0 Å². The van der Waals surface area contributed by atoms with Crippen molar-refractivity contribution < 1.29 is 4.79 Å². The third-order valence-electron chi connectivity index (χ3n) is 4.26. The molecule has 1 unspecified atom stereocenters. The highest BCUT2D eigenvalue weighted by Crippen LogP contribution is 2.15. The predicted octanol–water partition coefficient (Wildman–Crippen LogP) is 3.00. The van der Waals surface area contributed by atoms with Crippen LogP contribution in [0.2, 0.25) is 0 Å². The Kier molecular flexibility index (Phi) is 6.24. The molecule has 0 saturated carbocycles. The highest BCUT2D eigenvalue weighted by molar-refractivity contribution is 5.76. The van der Waals surface area contributed by atoms with Crippen LogP contribution >= 0.6 is 0 Å². The van der Waals surface area contributed by atoms with E-state index in [2.05, 4.69) is 48.7 Å². The molecule has 1 atom stereocenters. The summed E-state index contributed by atoms with van der Waals surface area (Å²) in [5.41, 5.74) is 2.83. The van der Waals surface area contributed by atoms with Crippen LogP contribution in [0.25, 0.3) is 0 Å². The molecule has 1 fully saturated rings. The van der Waals surface area contributed by atoms with Crippen LogP contribution in [0.5, 0.6) is 0 Å². The lowest BCUT2D eigenvalue weighted by molar-refractivity contribution is -0.120. The fraction of sp³-hybridized carbons (Fsp3) is 0.611. The summed E-state index contributed by atoms with van der Waals surface area (Å²) in [4.78, 5) is 11.3. The number of benzene rings is 1. The number of carbonyl (C=O) groups is 1. The molecule has 21 heavy (non-hydrogen) atoms. The first-order valence-corrected chi connectivity index (χ1v) is 8.24. The van der Waals surface area contributed by atoms with Gasteiger partial charge in [0.15, 0.2) is 0 Å². The normalized spacial score (nSPS) is 19.4. The zero-order chi connectivity index (χ0) is 15.1. The van der Waals surface area contributed by atoms with E-state index in [0.29, 0.717) is 18.4 Å². The van der Waals surface area contributed by atoms with Crippen LogP contribution in [-0.4, -0.2) is 25.0 Å². The molecule has 0 aliphatic carbocycles. The van der Waals surface area contributed by atoms with Gasteiger partial charge in [-0.2, -0.15) is 0 Å². The summed E-state index contributed by atoms with van der Waals surface area (Å²) < 4.78 is 0. The first-order chi connectivity index (χ1) is 10.1. The van der Waals surface area contributed by atoms with Gasteiger partial charge >= 0.3 is 0 Å². The molecule has 1 aromatic carbocycles. The monoisotopic (exact) mass is 288 g/mol. The van der Waals surface area contributed by atoms with Gasteiger partial charge < -0.3 is 10.6 Å². The Bertz CT molecular complexity index is 439. The van der Waals surface area contributed by atoms with Gasteiger partial charge in [0.1, 0.15) is 0 Å². The molecule has 0 bridgehead atoms. The van der Waals surface area contributed by atoms with E-state index >= 15 is 0 Å². The van der Waals surface area contributed by atoms with Gasteiger partial charge in [-0.25, -0.2) is 0 Å². The van der Waals surface area contributed by atoms with Crippen LogP contribution in [0.3, 0.4) is 0 Å². The lowest BCUT2D eigenvalue weighted by atomic mass is 10.0. The Hall–Kier alpha value is -1.35. The minimum absolute atomic E-state index is 0.199. The van der Waals surface area contributed by atoms with Crippen LogP contribution in [-0.2, 0) is 11.2 Å². The third-order valence-corrected chi connectivity index (χ3v) is 4.26. The largest absolute Gasteiger partial charge is 0.356 e. The van der Waals surface area contributed by atoms with Crippen molar-refractivity contribution in [3.63, 3.8) is 0 Å². The maximum atomic E-state index is 11.3. The van der Waals surface area contributed by atoms with Gasteiger partial charge in [-0.3, -0.25) is 4.79 Å². The molecular weight excluding hydrogens is 260 g/mol. The first kappa shape index (κ1) is 16.0. The van der Waals surface area contributed by atoms with E-state index in [9.17, 15) is 4.79 Å². The Morgan fingerprint density at radius 2 is 2.00 bits per heavy atom. The first-order valence-electron chi connectivity index (χ1n) is 8.24. The molecule has 1 amide bonds. The quantitative estimate of drug-likeness (QED) is 0.790. The Morgan fingerprint density at radius 1 is 1.24 bits per heavy atom. The van der Waals surface area contributed by atoms with Crippen molar-refractivity contribution in [2.45, 2.75) is 57.9 Å². The molecule has 1 heterocycles. The topological polar surface area (TPSA) is 41.1 Å². The molecule has 1 aliphatic heterocycles. The van der Waals surface area contributed by atoms with Gasteiger partial charge in [-0.05, 0) is 49.3 Å². The molecule has 1 aliphatic rings. The van der Waals surface area contributed by atoms with E-state index in [1.54, 1.807) is 0 Å². The molecule has 0 spiro atoms. The maximum Gasteiger partial charge on any atom is 0.220 e. The number of nitrogens with one attached hydrogen (secondary N) is 2. The molecule has 3 heteroatoms. The van der Waals surface area contributed by atoms with Gasteiger partial charge in [0.2, 0.25) is 5.91 Å². The number of rotatable bonds is 6. The molecule has 116 valence electrons. The summed E-state index contributed by atoms with van der Waals surface area (Å²) in [6, 6.07) is 9.49. The van der Waals surface area contributed by atoms with Crippen molar-refractivity contribution in [1.29, 1.82) is 0 Å². The number of hydrogen-bond acceptors (Lipinski definition) is 2. The van der Waals surface area contributed by atoms with Gasteiger partial charge in [0.05, 0.1) is 0 Å². The average molecular weight is 288 g/mol. The average Bonchev–Trinajstić information content (AvgIpc) is 2.69. The number of amides is 1. The van der Waals surface area contributed by atoms with Crippen LogP contribution < -0.4 is 10.6 Å². The van der Waals surface area contributed by atoms with Crippen LogP contribution in [0.4, 0.5) is 0 Å². The number of carbonyl (C=O) groups excluding carboxylic acids is 1. The highest BCUT2D eigenvalue weighted by Gasteiger charge is 2.14. The highest BCUT2D eigenvalue weighted by atomic mass is 16.1. The summed E-state index contributed by atoms with van der Waals surface area (Å²) in [6.45, 7) is 6.30. The summed E-state index contributed by atoms with van der Waals surface area (Å²) in [5, 5.41) is 6.52. The third kappa shape index (κ3) is 5.50. The molecule has 3 nitrogen and oxygen atoms in total. The van der Waals surface area contributed by atoms with Gasteiger partial charge in [0, 0.05) is 19.0 Å². The van der Waals surface area contributed by atoms with E-state index in [-0.39, 0.29) is 5.91 Å². The molecule has 1 saturated heterocycles. The Morgan fingerprint density at radius 3 is 2.71 bits per heavy atom. The second kappa shape index (κ2) is 8.18. The summed E-state index contributed by atoms with van der Waals surface area (Å²) >= 11 is 0. The second-order valence-electron chi connectivity index (χ2n) is 6.33. The van der Waals surface area contributed by atoms with E-state index in [4.69, 9.17) is 0 Å². The van der Waals surface area contributed by atoms with E-state index in [1.807, 2.05) is 0 Å². The zero-order valence-corrected chi connectivity index (χ0v) is 13.3. The smallest absolute Gasteiger partial charge is 0.220 e. The van der Waals surface area contributed by atoms with E-state index < -0.39 is 0 Å². The van der Waals surface area contributed by atoms with Crippen molar-refractivity contribution in [2.24, 2.45) is 0 Å². The molecule has 2 N–H and O–H groups in total. The lowest BCUT2D eigenvalue weighted by Crippen LogP contribution is -2.31. The van der Waals surface area contributed by atoms with Crippen molar-refractivity contribution in [3.8, 4) is 0 Å². The van der Waals surface area contributed by atoms with Crippen molar-refractivity contribution >= 4 is 5.91 Å². The molecular formula is C18H28N2O. The summed E-state index contributed by atoms with van der Waals surface area (Å²) in [5.74, 6) is 0.803. The van der Waals surface area contributed by atoms with Crippen LogP contribution in [0.1, 0.15) is 56.6 Å². The summed E-state index contributed by atoms with van der Waals surface area (Å²) in [6.07, 6.45) is 4.95.